The summed E-state index contributed by atoms with van der Waals surface area (Å²) >= 11 is 5.36. The molecule has 9 heteroatoms. The lowest BCUT2D eigenvalue weighted by Gasteiger charge is -2.21. The van der Waals surface area contributed by atoms with E-state index in [4.69, 9.17) is 26.8 Å². The van der Waals surface area contributed by atoms with Crippen molar-refractivity contribution in [3.05, 3.63) is 41.5 Å². The van der Waals surface area contributed by atoms with Crippen molar-refractivity contribution in [3.8, 4) is 5.75 Å². The van der Waals surface area contributed by atoms with E-state index >= 15 is 0 Å². The lowest BCUT2D eigenvalue weighted by molar-refractivity contribution is -0.144. The summed E-state index contributed by atoms with van der Waals surface area (Å²) in [5.41, 5.74) is -0.495. The molecular formula is C18H18F3NO4S. The van der Waals surface area contributed by atoms with Crippen LogP contribution in [0.25, 0.3) is 10.8 Å². The fourth-order valence-corrected chi connectivity index (χ4v) is 2.91. The summed E-state index contributed by atoms with van der Waals surface area (Å²) in [4.78, 5) is 13.3. The zero-order chi connectivity index (χ0) is 20.2. The van der Waals surface area contributed by atoms with Crippen LogP contribution in [0.3, 0.4) is 0 Å². The molecule has 2 aromatic carbocycles. The van der Waals surface area contributed by atoms with Crippen molar-refractivity contribution in [2.45, 2.75) is 6.18 Å². The third-order valence-corrected chi connectivity index (χ3v) is 4.36. The summed E-state index contributed by atoms with van der Waals surface area (Å²) in [6.07, 6.45) is -4.61. The minimum Gasteiger partial charge on any atom is -0.496 e. The van der Waals surface area contributed by atoms with Crippen molar-refractivity contribution >= 4 is 33.9 Å². The first-order valence-corrected chi connectivity index (χ1v) is 8.30. The second-order valence-corrected chi connectivity index (χ2v) is 6.03. The average Bonchev–Trinajstić information content (AvgIpc) is 2.63. The molecule has 146 valence electrons. The molecule has 0 aromatic heterocycles. The first kappa shape index (κ1) is 20.9. The molecule has 0 aliphatic heterocycles. The van der Waals surface area contributed by atoms with Crippen LogP contribution in [0.15, 0.2) is 30.3 Å². The van der Waals surface area contributed by atoms with Crippen LogP contribution in [0.4, 0.5) is 13.2 Å². The van der Waals surface area contributed by atoms with Gasteiger partial charge in [0, 0.05) is 12.6 Å². The molecule has 2 aromatic rings. The van der Waals surface area contributed by atoms with Gasteiger partial charge in [-0.15, -0.1) is 0 Å². The summed E-state index contributed by atoms with van der Waals surface area (Å²) in [7, 11) is 2.71. The SMILES string of the molecule is COc1ccc2c(C(=S)N(C)CC(=O)OCCO)cccc2c1C(F)(F)F. The zero-order valence-corrected chi connectivity index (χ0v) is 15.5. The lowest BCUT2D eigenvalue weighted by atomic mass is 9.98. The highest BCUT2D eigenvalue weighted by Gasteiger charge is 2.36. The second-order valence-electron chi connectivity index (χ2n) is 5.65. The number of hydrogen-bond donors (Lipinski definition) is 1. The van der Waals surface area contributed by atoms with Gasteiger partial charge in [-0.05, 0) is 22.9 Å². The molecule has 0 saturated carbocycles. The number of fused-ring (bicyclic) bond motifs is 1. The normalized spacial score (nSPS) is 11.3. The molecule has 0 aliphatic rings. The van der Waals surface area contributed by atoms with Gasteiger partial charge in [-0.1, -0.05) is 30.4 Å². The molecule has 0 amide bonds. The van der Waals surface area contributed by atoms with Crippen LogP contribution in [0.2, 0.25) is 0 Å². The molecule has 0 fully saturated rings. The van der Waals surface area contributed by atoms with Gasteiger partial charge in [-0.25, -0.2) is 0 Å². The van der Waals surface area contributed by atoms with Gasteiger partial charge < -0.3 is 19.5 Å². The molecule has 0 aliphatic carbocycles. The molecule has 0 spiro atoms. The van der Waals surface area contributed by atoms with Gasteiger partial charge in [0.25, 0.3) is 0 Å². The molecular weight excluding hydrogens is 383 g/mol. The van der Waals surface area contributed by atoms with Crippen LogP contribution in [0.5, 0.6) is 5.75 Å². The van der Waals surface area contributed by atoms with Crippen LogP contribution in [0, 0.1) is 0 Å². The Hall–Kier alpha value is -2.39. The molecule has 0 atom stereocenters. The van der Waals surface area contributed by atoms with Crippen LogP contribution in [-0.4, -0.2) is 54.9 Å². The fourth-order valence-electron chi connectivity index (χ4n) is 2.66. The maximum Gasteiger partial charge on any atom is 0.420 e. The van der Waals surface area contributed by atoms with Gasteiger partial charge in [0.1, 0.15) is 29.5 Å². The average molecular weight is 401 g/mol. The van der Waals surface area contributed by atoms with Crippen molar-refractivity contribution in [2.75, 3.05) is 33.9 Å². The predicted molar refractivity (Wildman–Crippen MR) is 97.9 cm³/mol. The minimum atomic E-state index is -4.61. The van der Waals surface area contributed by atoms with Crippen molar-refractivity contribution in [1.82, 2.24) is 4.90 Å². The first-order valence-electron chi connectivity index (χ1n) is 7.89. The lowest BCUT2D eigenvalue weighted by Crippen LogP contribution is -2.32. The topological polar surface area (TPSA) is 59.0 Å². The molecule has 0 radical (unpaired) electrons. The molecule has 1 N–H and O–H groups in total. The number of benzene rings is 2. The number of nitrogens with zero attached hydrogens (tertiary/aromatic N) is 1. The number of carbonyl (C=O) groups excluding carboxylic acids is 1. The number of esters is 1. The van der Waals surface area contributed by atoms with E-state index < -0.39 is 17.7 Å². The van der Waals surface area contributed by atoms with Gasteiger partial charge in [-0.2, -0.15) is 13.2 Å². The summed E-state index contributed by atoms with van der Waals surface area (Å²) in [6.45, 7) is -0.634. The monoisotopic (exact) mass is 401 g/mol. The third kappa shape index (κ3) is 4.67. The van der Waals surface area contributed by atoms with Crippen molar-refractivity contribution in [3.63, 3.8) is 0 Å². The van der Waals surface area contributed by atoms with Crippen molar-refractivity contribution < 1.29 is 32.5 Å². The van der Waals surface area contributed by atoms with Gasteiger partial charge >= 0.3 is 12.1 Å². The number of halogens is 3. The molecule has 0 heterocycles. The maximum atomic E-state index is 13.5. The van der Waals surface area contributed by atoms with E-state index in [1.165, 1.54) is 43.3 Å². The Bertz CT molecular complexity index is 854. The number of thiocarbonyl (C=S) groups is 1. The Kier molecular flexibility index (Phi) is 6.61. The number of aliphatic hydroxyl groups excluding tert-OH is 1. The van der Waals surface area contributed by atoms with E-state index in [2.05, 4.69) is 0 Å². The van der Waals surface area contributed by atoms with Crippen LogP contribution in [-0.2, 0) is 15.7 Å². The van der Waals surface area contributed by atoms with Crippen molar-refractivity contribution in [2.24, 2.45) is 0 Å². The zero-order valence-electron chi connectivity index (χ0n) is 14.7. The highest BCUT2D eigenvalue weighted by atomic mass is 32.1. The van der Waals surface area contributed by atoms with Gasteiger partial charge in [0.15, 0.2) is 0 Å². The van der Waals surface area contributed by atoms with Gasteiger partial charge in [0.05, 0.1) is 13.7 Å². The predicted octanol–water partition coefficient (Wildman–Crippen LogP) is 3.01. The van der Waals surface area contributed by atoms with Crippen LogP contribution in [0.1, 0.15) is 11.1 Å². The molecule has 0 bridgehead atoms. The quantitative estimate of drug-likeness (QED) is 0.593. The smallest absolute Gasteiger partial charge is 0.420 e. The number of aliphatic hydroxyl groups is 1. The molecule has 0 saturated heterocycles. The number of carbonyl (C=O) groups is 1. The van der Waals surface area contributed by atoms with E-state index in [-0.39, 0.29) is 35.9 Å². The molecule has 27 heavy (non-hydrogen) atoms. The number of alkyl halides is 3. The summed E-state index contributed by atoms with van der Waals surface area (Å²) in [6, 6.07) is 7.15. The number of hydrogen-bond acceptors (Lipinski definition) is 5. The summed E-state index contributed by atoms with van der Waals surface area (Å²) in [5, 5.41) is 8.92. The second kappa shape index (κ2) is 8.53. The summed E-state index contributed by atoms with van der Waals surface area (Å²) < 4.78 is 50.3. The Balaban J connectivity index is 2.45. The van der Waals surface area contributed by atoms with E-state index in [9.17, 15) is 18.0 Å². The highest BCUT2D eigenvalue weighted by molar-refractivity contribution is 7.80. The highest BCUT2D eigenvalue weighted by Crippen LogP contribution is 2.41. The number of methoxy groups -OCH3 is 1. The van der Waals surface area contributed by atoms with E-state index in [0.29, 0.717) is 10.9 Å². The minimum absolute atomic E-state index is 0.0436. The standard InChI is InChI=1S/C18H18F3NO4S/c1-22(10-15(24)26-9-8-23)17(27)13-5-3-4-12-11(13)6-7-14(25-2)16(12)18(19,20)21/h3-7,23H,8-10H2,1-2H3. The van der Waals surface area contributed by atoms with Crippen LogP contribution >= 0.6 is 12.2 Å². The first-order chi connectivity index (χ1) is 12.7. The number of rotatable bonds is 6. The van der Waals surface area contributed by atoms with E-state index in [1.807, 2.05) is 0 Å². The molecule has 5 nitrogen and oxygen atoms in total. The van der Waals surface area contributed by atoms with E-state index in [1.54, 1.807) is 6.07 Å². The molecule has 2 rings (SSSR count). The Morgan fingerprint density at radius 3 is 2.52 bits per heavy atom. The van der Waals surface area contributed by atoms with Crippen molar-refractivity contribution in [1.29, 1.82) is 0 Å². The Labute approximate surface area is 159 Å². The largest absolute Gasteiger partial charge is 0.496 e. The number of ether oxygens (including phenoxy) is 2. The summed E-state index contributed by atoms with van der Waals surface area (Å²) in [5.74, 6) is -0.884. The Morgan fingerprint density at radius 2 is 1.93 bits per heavy atom. The maximum absolute atomic E-state index is 13.5. The van der Waals surface area contributed by atoms with E-state index in [0.717, 1.165) is 0 Å². The van der Waals surface area contributed by atoms with Crippen LogP contribution < -0.4 is 4.74 Å². The third-order valence-electron chi connectivity index (χ3n) is 3.82. The number of likely N-dealkylation sites (N-methyl/N-ethyl adjacent to an activating group) is 1. The van der Waals surface area contributed by atoms with Gasteiger partial charge in [-0.3, -0.25) is 4.79 Å². The fraction of sp³-hybridized carbons (Fsp3) is 0.333. The Morgan fingerprint density at radius 1 is 1.22 bits per heavy atom. The molecule has 0 unspecified atom stereocenters. The van der Waals surface area contributed by atoms with Gasteiger partial charge in [0.2, 0.25) is 0 Å².